The highest BCUT2D eigenvalue weighted by molar-refractivity contribution is 5.92. The fraction of sp³-hybridized carbons (Fsp3) is 0.412. The lowest BCUT2D eigenvalue weighted by Crippen LogP contribution is -2.32. The van der Waals surface area contributed by atoms with Crippen molar-refractivity contribution in [2.45, 2.75) is 27.2 Å². The van der Waals surface area contributed by atoms with Gasteiger partial charge in [0.2, 0.25) is 5.91 Å². The van der Waals surface area contributed by atoms with Crippen LogP contribution in [0.15, 0.2) is 18.2 Å². The number of rotatable bonds is 6. The van der Waals surface area contributed by atoms with Crippen LogP contribution in [0.3, 0.4) is 0 Å². The van der Waals surface area contributed by atoms with Crippen molar-refractivity contribution in [1.82, 2.24) is 15.1 Å². The highest BCUT2D eigenvalue weighted by Gasteiger charge is 2.11. The van der Waals surface area contributed by atoms with E-state index in [4.69, 9.17) is 0 Å². The van der Waals surface area contributed by atoms with Gasteiger partial charge in [-0.2, -0.15) is 5.10 Å². The second-order valence-electron chi connectivity index (χ2n) is 5.91. The number of aromatic amines is 1. The molecule has 0 unspecified atom stereocenters. The van der Waals surface area contributed by atoms with Crippen LogP contribution in [-0.2, 0) is 11.2 Å². The second kappa shape index (κ2) is 7.37. The Morgan fingerprint density at radius 2 is 2.09 bits per heavy atom. The summed E-state index contributed by atoms with van der Waals surface area (Å²) in [5.41, 5.74) is 4.63. The van der Waals surface area contributed by atoms with Gasteiger partial charge >= 0.3 is 0 Å². The number of halogens is 1. The zero-order chi connectivity index (χ0) is 17.0. The molecular formula is C17H23FN4O. The Hall–Kier alpha value is -2.21. The number of nitrogens with zero attached hydrogens (tertiary/aromatic N) is 2. The fourth-order valence-corrected chi connectivity index (χ4v) is 2.53. The van der Waals surface area contributed by atoms with Crippen molar-refractivity contribution in [3.63, 3.8) is 0 Å². The number of nitrogens with one attached hydrogen (secondary N) is 2. The van der Waals surface area contributed by atoms with Crippen LogP contribution in [0, 0.1) is 26.6 Å². The topological polar surface area (TPSA) is 61.0 Å². The average molecular weight is 318 g/mol. The van der Waals surface area contributed by atoms with Gasteiger partial charge in [-0.05, 0) is 63.6 Å². The number of hydrogen-bond acceptors (Lipinski definition) is 3. The van der Waals surface area contributed by atoms with E-state index in [0.717, 1.165) is 24.4 Å². The summed E-state index contributed by atoms with van der Waals surface area (Å²) in [6.45, 7) is 6.79. The molecule has 0 atom stereocenters. The molecule has 1 amide bonds. The van der Waals surface area contributed by atoms with Crippen molar-refractivity contribution in [2.24, 2.45) is 0 Å². The van der Waals surface area contributed by atoms with Crippen LogP contribution in [-0.4, -0.2) is 41.1 Å². The van der Waals surface area contributed by atoms with Gasteiger partial charge in [0.05, 0.1) is 12.2 Å². The van der Waals surface area contributed by atoms with Crippen molar-refractivity contribution in [1.29, 1.82) is 0 Å². The molecular weight excluding hydrogens is 295 g/mol. The minimum absolute atomic E-state index is 0.108. The highest BCUT2D eigenvalue weighted by atomic mass is 19.1. The van der Waals surface area contributed by atoms with E-state index in [-0.39, 0.29) is 18.3 Å². The molecule has 0 aliphatic heterocycles. The second-order valence-corrected chi connectivity index (χ2v) is 5.91. The number of hydrogen-bond donors (Lipinski definition) is 2. The van der Waals surface area contributed by atoms with Crippen molar-refractivity contribution in [3.05, 3.63) is 46.5 Å². The molecule has 6 heteroatoms. The summed E-state index contributed by atoms with van der Waals surface area (Å²) < 4.78 is 13.1. The third-order valence-electron chi connectivity index (χ3n) is 3.90. The van der Waals surface area contributed by atoms with Crippen LogP contribution in [0.1, 0.15) is 22.5 Å². The van der Waals surface area contributed by atoms with Crippen LogP contribution in [0.2, 0.25) is 0 Å². The number of amides is 1. The van der Waals surface area contributed by atoms with Gasteiger partial charge in [0, 0.05) is 17.9 Å². The first-order chi connectivity index (χ1) is 10.9. The van der Waals surface area contributed by atoms with E-state index in [1.54, 1.807) is 13.0 Å². The first kappa shape index (κ1) is 17.1. The van der Waals surface area contributed by atoms with Crippen LogP contribution >= 0.6 is 0 Å². The number of H-pyrrole nitrogens is 1. The number of benzene rings is 1. The van der Waals surface area contributed by atoms with E-state index in [1.807, 2.05) is 25.8 Å². The first-order valence-corrected chi connectivity index (χ1v) is 7.62. The number of carbonyl (C=O) groups excluding carboxylic acids is 1. The van der Waals surface area contributed by atoms with E-state index < -0.39 is 0 Å². The quantitative estimate of drug-likeness (QED) is 0.860. The molecule has 0 spiro atoms. The molecule has 0 fully saturated rings. The van der Waals surface area contributed by atoms with E-state index in [1.165, 1.54) is 17.7 Å². The van der Waals surface area contributed by atoms with Crippen LogP contribution < -0.4 is 5.32 Å². The summed E-state index contributed by atoms with van der Waals surface area (Å²) >= 11 is 0. The predicted octanol–water partition coefficient (Wildman–Crippen LogP) is 2.59. The number of aromatic nitrogens is 2. The fourth-order valence-electron chi connectivity index (χ4n) is 2.53. The largest absolute Gasteiger partial charge is 0.325 e. The van der Waals surface area contributed by atoms with Gasteiger partial charge in [0.25, 0.3) is 0 Å². The monoisotopic (exact) mass is 318 g/mol. The van der Waals surface area contributed by atoms with Crippen LogP contribution in [0.5, 0.6) is 0 Å². The molecule has 0 bridgehead atoms. The SMILES string of the molecule is Cc1cc(F)ccc1NC(=O)CN(C)CCc1c(C)n[nH]c1C. The molecule has 0 radical (unpaired) electrons. The molecule has 2 aromatic rings. The summed E-state index contributed by atoms with van der Waals surface area (Å²) in [5.74, 6) is -0.411. The smallest absolute Gasteiger partial charge is 0.238 e. The Kier molecular flexibility index (Phi) is 5.50. The van der Waals surface area contributed by atoms with Crippen LogP contribution in [0.4, 0.5) is 10.1 Å². The van der Waals surface area contributed by atoms with E-state index in [9.17, 15) is 9.18 Å². The lowest BCUT2D eigenvalue weighted by molar-refractivity contribution is -0.117. The molecule has 0 saturated heterocycles. The Labute approximate surface area is 135 Å². The Bertz CT molecular complexity index is 676. The summed E-state index contributed by atoms with van der Waals surface area (Å²) in [6, 6.07) is 4.33. The van der Waals surface area contributed by atoms with Crippen molar-refractivity contribution < 1.29 is 9.18 Å². The van der Waals surface area contributed by atoms with Crippen molar-refractivity contribution in [2.75, 3.05) is 25.5 Å². The molecule has 2 rings (SSSR count). The Balaban J connectivity index is 1.85. The maximum absolute atomic E-state index is 13.1. The van der Waals surface area contributed by atoms with Gasteiger partial charge in [-0.15, -0.1) is 0 Å². The number of likely N-dealkylation sites (N-methyl/N-ethyl adjacent to an activating group) is 1. The zero-order valence-electron chi connectivity index (χ0n) is 14.0. The summed E-state index contributed by atoms with van der Waals surface area (Å²) in [6.07, 6.45) is 0.841. The molecule has 23 heavy (non-hydrogen) atoms. The van der Waals surface area contributed by atoms with Gasteiger partial charge in [0.1, 0.15) is 5.82 Å². The minimum atomic E-state index is -0.302. The lowest BCUT2D eigenvalue weighted by atomic mass is 10.1. The predicted molar refractivity (Wildman–Crippen MR) is 89.0 cm³/mol. The highest BCUT2D eigenvalue weighted by Crippen LogP contribution is 2.15. The molecule has 1 aromatic carbocycles. The molecule has 1 heterocycles. The molecule has 124 valence electrons. The average Bonchev–Trinajstić information content (AvgIpc) is 2.79. The van der Waals surface area contributed by atoms with Gasteiger partial charge in [-0.3, -0.25) is 14.8 Å². The number of aryl methyl sites for hydroxylation is 3. The zero-order valence-corrected chi connectivity index (χ0v) is 14.0. The molecule has 2 N–H and O–H groups in total. The van der Waals surface area contributed by atoms with Crippen LogP contribution in [0.25, 0.3) is 0 Å². The van der Waals surface area contributed by atoms with E-state index >= 15 is 0 Å². The standard InChI is InChI=1S/C17H23FN4O/c1-11-9-14(18)5-6-16(11)19-17(23)10-22(4)8-7-15-12(2)20-21-13(15)3/h5-6,9H,7-8,10H2,1-4H3,(H,19,23)(H,20,21). The van der Waals surface area contributed by atoms with Crippen molar-refractivity contribution >= 4 is 11.6 Å². The third kappa shape index (κ3) is 4.63. The summed E-state index contributed by atoms with van der Waals surface area (Å²) in [5, 5.41) is 9.96. The van der Waals surface area contributed by atoms with E-state index in [2.05, 4.69) is 15.5 Å². The maximum Gasteiger partial charge on any atom is 0.238 e. The Morgan fingerprint density at radius 3 is 2.70 bits per heavy atom. The van der Waals surface area contributed by atoms with Gasteiger partial charge in [0.15, 0.2) is 0 Å². The lowest BCUT2D eigenvalue weighted by Gasteiger charge is -2.17. The molecule has 0 saturated carbocycles. The molecule has 5 nitrogen and oxygen atoms in total. The minimum Gasteiger partial charge on any atom is -0.325 e. The van der Waals surface area contributed by atoms with Gasteiger partial charge < -0.3 is 5.32 Å². The van der Waals surface area contributed by atoms with Gasteiger partial charge in [-0.1, -0.05) is 0 Å². The molecule has 1 aromatic heterocycles. The van der Waals surface area contributed by atoms with E-state index in [0.29, 0.717) is 11.3 Å². The molecule has 0 aliphatic carbocycles. The van der Waals surface area contributed by atoms with Gasteiger partial charge in [-0.25, -0.2) is 4.39 Å². The van der Waals surface area contributed by atoms with Crippen molar-refractivity contribution in [3.8, 4) is 0 Å². The number of anilines is 1. The molecule has 0 aliphatic rings. The maximum atomic E-state index is 13.1. The normalized spacial score (nSPS) is 11.0. The Morgan fingerprint density at radius 1 is 1.35 bits per heavy atom. The third-order valence-corrected chi connectivity index (χ3v) is 3.90. The first-order valence-electron chi connectivity index (χ1n) is 7.62. The summed E-state index contributed by atoms with van der Waals surface area (Å²) in [4.78, 5) is 14.0. The number of carbonyl (C=O) groups is 1. The summed E-state index contributed by atoms with van der Waals surface area (Å²) in [7, 11) is 1.90.